The van der Waals surface area contributed by atoms with Gasteiger partial charge in [0.1, 0.15) is 5.52 Å². The van der Waals surface area contributed by atoms with Gasteiger partial charge in [-0.3, -0.25) is 0 Å². The largest absolute Gasteiger partial charge is 0.382 e. The van der Waals surface area contributed by atoms with Gasteiger partial charge in [-0.25, -0.2) is 9.97 Å². The normalized spacial score (nSPS) is 10.5. The number of fused-ring (bicyclic) bond motifs is 1. The van der Waals surface area contributed by atoms with Crippen molar-refractivity contribution in [3.63, 3.8) is 0 Å². The van der Waals surface area contributed by atoms with Gasteiger partial charge in [0.2, 0.25) is 5.95 Å². The number of hydrogen-bond donors (Lipinski definition) is 3. The number of nitrogens with two attached hydrogens (primary N) is 2. The fraction of sp³-hybridized carbons (Fsp3) is 0.167. The molecular formula is C6H8N6S. The fourth-order valence-corrected chi connectivity index (χ4v) is 1.78. The summed E-state index contributed by atoms with van der Waals surface area (Å²) in [5.41, 5.74) is 11.6. The van der Waals surface area contributed by atoms with Crippen molar-refractivity contribution in [1.82, 2.24) is 15.0 Å². The first-order valence-corrected chi connectivity index (χ1v) is 4.39. The first kappa shape index (κ1) is 7.99. The lowest BCUT2D eigenvalue weighted by Crippen LogP contribution is -1.99. The zero-order valence-electron chi connectivity index (χ0n) is 6.90. The maximum atomic E-state index is 5.61. The van der Waals surface area contributed by atoms with Gasteiger partial charge in [0.25, 0.3) is 0 Å². The minimum atomic E-state index is 0.177. The number of nitrogens with zero attached hydrogens (tertiary/aromatic N) is 3. The van der Waals surface area contributed by atoms with Gasteiger partial charge < -0.3 is 16.8 Å². The standard InChI is InChI=1S/C6H8N6S/c1-9-6-10-2-3(7)11-5(8)12-4(2)13-6/h1H3,(H,9,10)(H4,7,8,11,12). The molecule has 2 aromatic heterocycles. The molecule has 0 atom stereocenters. The average molecular weight is 196 g/mol. The first-order chi connectivity index (χ1) is 6.20. The Balaban J connectivity index is 2.75. The van der Waals surface area contributed by atoms with E-state index in [-0.39, 0.29) is 5.95 Å². The molecule has 2 heterocycles. The number of rotatable bonds is 1. The summed E-state index contributed by atoms with van der Waals surface area (Å²) in [7, 11) is 1.78. The Morgan fingerprint density at radius 1 is 1.23 bits per heavy atom. The summed E-state index contributed by atoms with van der Waals surface area (Å²) in [4.78, 5) is 12.7. The molecule has 6 nitrogen and oxygen atoms in total. The third-order valence-corrected chi connectivity index (χ3v) is 2.48. The molecule has 0 saturated carbocycles. The van der Waals surface area contributed by atoms with Gasteiger partial charge in [0, 0.05) is 7.05 Å². The second kappa shape index (κ2) is 2.70. The van der Waals surface area contributed by atoms with Gasteiger partial charge in [0.15, 0.2) is 15.8 Å². The van der Waals surface area contributed by atoms with Crippen LogP contribution in [0.25, 0.3) is 10.3 Å². The molecule has 0 aliphatic carbocycles. The number of hydrogen-bond acceptors (Lipinski definition) is 7. The van der Waals surface area contributed by atoms with Gasteiger partial charge in [-0.15, -0.1) is 0 Å². The highest BCUT2D eigenvalue weighted by Crippen LogP contribution is 2.26. The minimum absolute atomic E-state index is 0.177. The zero-order chi connectivity index (χ0) is 9.42. The Kier molecular flexibility index (Phi) is 1.66. The van der Waals surface area contributed by atoms with E-state index in [9.17, 15) is 0 Å². The van der Waals surface area contributed by atoms with Crippen LogP contribution in [0.15, 0.2) is 0 Å². The highest BCUT2D eigenvalue weighted by molar-refractivity contribution is 7.21. The SMILES string of the molecule is CNc1nc2c(N)nc(N)nc2s1. The molecule has 0 fully saturated rings. The van der Waals surface area contributed by atoms with Crippen LogP contribution in [0.3, 0.4) is 0 Å². The molecule has 0 saturated heterocycles. The van der Waals surface area contributed by atoms with Crippen LogP contribution in [-0.4, -0.2) is 22.0 Å². The maximum absolute atomic E-state index is 5.61. The number of nitrogen functional groups attached to an aromatic ring is 2. The molecular weight excluding hydrogens is 188 g/mol. The van der Waals surface area contributed by atoms with Crippen molar-refractivity contribution < 1.29 is 0 Å². The molecule has 0 spiro atoms. The highest BCUT2D eigenvalue weighted by atomic mass is 32.1. The van der Waals surface area contributed by atoms with E-state index in [2.05, 4.69) is 20.3 Å². The van der Waals surface area contributed by atoms with Crippen LogP contribution in [0.1, 0.15) is 0 Å². The van der Waals surface area contributed by atoms with Crippen LogP contribution in [0.5, 0.6) is 0 Å². The van der Waals surface area contributed by atoms with Crippen LogP contribution in [0.4, 0.5) is 16.9 Å². The van der Waals surface area contributed by atoms with Crippen molar-refractivity contribution in [1.29, 1.82) is 0 Å². The predicted octanol–water partition coefficient (Wildman–Crippen LogP) is 0.292. The summed E-state index contributed by atoms with van der Waals surface area (Å²) >= 11 is 1.39. The van der Waals surface area contributed by atoms with E-state index in [0.717, 1.165) is 5.13 Å². The molecule has 2 rings (SSSR count). The minimum Gasteiger partial charge on any atom is -0.382 e. The summed E-state index contributed by atoms with van der Waals surface area (Å²) in [6.07, 6.45) is 0. The van der Waals surface area contributed by atoms with Gasteiger partial charge >= 0.3 is 0 Å². The van der Waals surface area contributed by atoms with E-state index in [1.807, 2.05) is 0 Å². The molecule has 7 heteroatoms. The molecule has 0 unspecified atom stereocenters. The van der Waals surface area contributed by atoms with E-state index in [0.29, 0.717) is 16.2 Å². The topological polar surface area (TPSA) is 103 Å². The van der Waals surface area contributed by atoms with E-state index < -0.39 is 0 Å². The summed E-state index contributed by atoms with van der Waals surface area (Å²) in [6, 6.07) is 0. The average Bonchev–Trinajstić information content (AvgIpc) is 2.47. The molecule has 2 aromatic rings. The molecule has 0 aromatic carbocycles. The van der Waals surface area contributed by atoms with Crippen molar-refractivity contribution in [2.75, 3.05) is 23.8 Å². The van der Waals surface area contributed by atoms with Crippen LogP contribution < -0.4 is 16.8 Å². The Morgan fingerprint density at radius 3 is 2.69 bits per heavy atom. The first-order valence-electron chi connectivity index (χ1n) is 3.58. The number of aromatic nitrogens is 3. The number of thiazole rings is 1. The second-order valence-corrected chi connectivity index (χ2v) is 3.37. The summed E-state index contributed by atoms with van der Waals surface area (Å²) in [5, 5.41) is 3.66. The van der Waals surface area contributed by atoms with E-state index in [1.54, 1.807) is 7.05 Å². The smallest absolute Gasteiger partial charge is 0.223 e. The van der Waals surface area contributed by atoms with Crippen molar-refractivity contribution in [2.45, 2.75) is 0 Å². The van der Waals surface area contributed by atoms with E-state index in [4.69, 9.17) is 11.5 Å². The number of nitrogens with one attached hydrogen (secondary N) is 1. The van der Waals surface area contributed by atoms with Gasteiger partial charge in [-0.2, -0.15) is 4.98 Å². The van der Waals surface area contributed by atoms with E-state index in [1.165, 1.54) is 11.3 Å². The monoisotopic (exact) mass is 196 g/mol. The van der Waals surface area contributed by atoms with Gasteiger partial charge in [-0.05, 0) is 0 Å². The summed E-state index contributed by atoms with van der Waals surface area (Å²) < 4.78 is 0. The predicted molar refractivity (Wildman–Crippen MR) is 53.6 cm³/mol. The van der Waals surface area contributed by atoms with Crippen molar-refractivity contribution in [3.05, 3.63) is 0 Å². The van der Waals surface area contributed by atoms with Crippen molar-refractivity contribution >= 4 is 38.6 Å². The van der Waals surface area contributed by atoms with E-state index >= 15 is 0 Å². The van der Waals surface area contributed by atoms with Crippen LogP contribution in [-0.2, 0) is 0 Å². The third kappa shape index (κ3) is 1.22. The Hall–Kier alpha value is -1.63. The van der Waals surface area contributed by atoms with Crippen LogP contribution in [0, 0.1) is 0 Å². The van der Waals surface area contributed by atoms with Gasteiger partial charge in [-0.1, -0.05) is 11.3 Å². The Labute approximate surface area is 78.0 Å². The molecule has 68 valence electrons. The van der Waals surface area contributed by atoms with Crippen LogP contribution >= 0.6 is 11.3 Å². The summed E-state index contributed by atoms with van der Waals surface area (Å²) in [6.45, 7) is 0. The van der Waals surface area contributed by atoms with Crippen LogP contribution in [0.2, 0.25) is 0 Å². The lowest BCUT2D eigenvalue weighted by atomic mass is 10.5. The molecule has 0 bridgehead atoms. The number of anilines is 3. The molecule has 5 N–H and O–H groups in total. The molecule has 0 amide bonds. The molecule has 0 aliphatic heterocycles. The Morgan fingerprint density at radius 2 is 2.00 bits per heavy atom. The Bertz CT molecular complexity index is 450. The third-order valence-electron chi connectivity index (χ3n) is 1.52. The lowest BCUT2D eigenvalue weighted by Gasteiger charge is -1.93. The van der Waals surface area contributed by atoms with Crippen molar-refractivity contribution in [2.24, 2.45) is 0 Å². The highest BCUT2D eigenvalue weighted by Gasteiger charge is 2.08. The summed E-state index contributed by atoms with van der Waals surface area (Å²) in [5.74, 6) is 0.497. The molecule has 0 aliphatic rings. The zero-order valence-corrected chi connectivity index (χ0v) is 7.72. The second-order valence-electron chi connectivity index (χ2n) is 2.39. The van der Waals surface area contributed by atoms with Gasteiger partial charge in [0.05, 0.1) is 0 Å². The maximum Gasteiger partial charge on any atom is 0.223 e. The lowest BCUT2D eigenvalue weighted by molar-refractivity contribution is 1.24. The molecule has 13 heavy (non-hydrogen) atoms. The fourth-order valence-electron chi connectivity index (χ4n) is 0.967. The van der Waals surface area contributed by atoms with Crippen molar-refractivity contribution in [3.8, 4) is 0 Å². The molecule has 0 radical (unpaired) electrons. The quantitative estimate of drug-likeness (QED) is 0.606.